The standard InChI is InChI=1S/C9H12BrF/c1-4-5-9(11)8(6-10)7(2)3/h4-5H,2,6H2,1,3H3/b5-4-,9-8+. The fourth-order valence-corrected chi connectivity index (χ4v) is 1.38. The maximum absolute atomic E-state index is 13.0. The van der Waals surface area contributed by atoms with Gasteiger partial charge in [-0.05, 0) is 19.9 Å². The van der Waals surface area contributed by atoms with Crippen molar-refractivity contribution in [3.63, 3.8) is 0 Å². The summed E-state index contributed by atoms with van der Waals surface area (Å²) in [6.07, 6.45) is 3.10. The summed E-state index contributed by atoms with van der Waals surface area (Å²) in [5.74, 6) is -0.211. The van der Waals surface area contributed by atoms with Gasteiger partial charge in [-0.25, -0.2) is 4.39 Å². The van der Waals surface area contributed by atoms with Crippen LogP contribution in [-0.4, -0.2) is 5.33 Å². The van der Waals surface area contributed by atoms with Gasteiger partial charge in [0.15, 0.2) is 0 Å². The normalized spacial score (nSPS) is 13.5. The van der Waals surface area contributed by atoms with Crippen molar-refractivity contribution < 1.29 is 4.39 Å². The molecule has 0 spiro atoms. The Morgan fingerprint density at radius 1 is 1.64 bits per heavy atom. The molecule has 0 saturated carbocycles. The minimum Gasteiger partial charge on any atom is -0.207 e. The molecule has 0 aliphatic carbocycles. The second-order valence-electron chi connectivity index (χ2n) is 2.24. The van der Waals surface area contributed by atoms with Gasteiger partial charge in [-0.2, -0.15) is 0 Å². The molecule has 0 radical (unpaired) electrons. The van der Waals surface area contributed by atoms with E-state index in [0.717, 1.165) is 5.57 Å². The molecule has 0 atom stereocenters. The smallest absolute Gasteiger partial charge is 0.127 e. The first-order valence-electron chi connectivity index (χ1n) is 3.36. The van der Waals surface area contributed by atoms with Crippen LogP contribution in [0.2, 0.25) is 0 Å². The van der Waals surface area contributed by atoms with Crippen molar-refractivity contribution in [2.75, 3.05) is 5.33 Å². The lowest BCUT2D eigenvalue weighted by molar-refractivity contribution is 0.657. The van der Waals surface area contributed by atoms with Crippen LogP contribution in [0.1, 0.15) is 13.8 Å². The number of hydrogen-bond donors (Lipinski definition) is 0. The van der Waals surface area contributed by atoms with Crippen molar-refractivity contribution in [3.8, 4) is 0 Å². The summed E-state index contributed by atoms with van der Waals surface area (Å²) < 4.78 is 13.0. The second kappa shape index (κ2) is 5.30. The fraction of sp³-hybridized carbons (Fsp3) is 0.333. The SMILES string of the molecule is C=C(C)/C(CBr)=C(F)\C=C/C. The zero-order chi connectivity index (χ0) is 8.85. The Labute approximate surface area is 75.6 Å². The zero-order valence-electron chi connectivity index (χ0n) is 6.82. The van der Waals surface area contributed by atoms with Gasteiger partial charge in [0.1, 0.15) is 5.83 Å². The first-order chi connectivity index (χ1) is 5.13. The van der Waals surface area contributed by atoms with E-state index >= 15 is 0 Å². The third-order valence-electron chi connectivity index (χ3n) is 1.25. The molecule has 0 heterocycles. The highest BCUT2D eigenvalue weighted by atomic mass is 79.9. The average molecular weight is 219 g/mol. The lowest BCUT2D eigenvalue weighted by Gasteiger charge is -2.01. The number of hydrogen-bond acceptors (Lipinski definition) is 0. The van der Waals surface area contributed by atoms with Crippen LogP contribution in [0.5, 0.6) is 0 Å². The average Bonchev–Trinajstić information content (AvgIpc) is 1.88. The van der Waals surface area contributed by atoms with Crippen molar-refractivity contribution >= 4 is 15.9 Å². The van der Waals surface area contributed by atoms with E-state index in [4.69, 9.17) is 0 Å². The van der Waals surface area contributed by atoms with Crippen LogP contribution in [0, 0.1) is 0 Å². The molecule has 62 valence electrons. The number of allylic oxidation sites excluding steroid dienone is 5. The van der Waals surface area contributed by atoms with E-state index in [1.54, 1.807) is 19.9 Å². The van der Waals surface area contributed by atoms with Crippen LogP contribution >= 0.6 is 15.9 Å². The van der Waals surface area contributed by atoms with Crippen molar-refractivity contribution in [1.29, 1.82) is 0 Å². The molecule has 0 aromatic heterocycles. The molecule has 2 heteroatoms. The van der Waals surface area contributed by atoms with Gasteiger partial charge in [0.25, 0.3) is 0 Å². The lowest BCUT2D eigenvalue weighted by Crippen LogP contribution is -1.88. The number of halogens is 2. The van der Waals surface area contributed by atoms with Crippen LogP contribution in [-0.2, 0) is 0 Å². The van der Waals surface area contributed by atoms with E-state index in [9.17, 15) is 4.39 Å². The third kappa shape index (κ3) is 3.51. The summed E-state index contributed by atoms with van der Waals surface area (Å²) in [6, 6.07) is 0. The van der Waals surface area contributed by atoms with Crippen molar-refractivity contribution in [1.82, 2.24) is 0 Å². The van der Waals surface area contributed by atoms with Gasteiger partial charge in [-0.15, -0.1) is 0 Å². The molecular weight excluding hydrogens is 207 g/mol. The Kier molecular flexibility index (Phi) is 5.12. The molecule has 0 N–H and O–H groups in total. The van der Waals surface area contributed by atoms with Gasteiger partial charge in [-0.1, -0.05) is 34.2 Å². The summed E-state index contributed by atoms with van der Waals surface area (Å²) >= 11 is 3.19. The largest absolute Gasteiger partial charge is 0.207 e. The quantitative estimate of drug-likeness (QED) is 0.500. The van der Waals surface area contributed by atoms with Gasteiger partial charge >= 0.3 is 0 Å². The van der Waals surface area contributed by atoms with Crippen LogP contribution in [0.25, 0.3) is 0 Å². The predicted octanol–water partition coefficient (Wildman–Crippen LogP) is 3.76. The highest BCUT2D eigenvalue weighted by molar-refractivity contribution is 9.09. The molecule has 0 amide bonds. The third-order valence-corrected chi connectivity index (χ3v) is 1.81. The van der Waals surface area contributed by atoms with Gasteiger partial charge in [-0.3, -0.25) is 0 Å². The van der Waals surface area contributed by atoms with E-state index in [1.807, 2.05) is 0 Å². The molecule has 0 aromatic carbocycles. The summed E-state index contributed by atoms with van der Waals surface area (Å²) in [5, 5.41) is 0.512. The first kappa shape index (κ1) is 10.6. The minimum atomic E-state index is -0.211. The fourth-order valence-electron chi connectivity index (χ4n) is 0.629. The van der Waals surface area contributed by atoms with Crippen molar-refractivity contribution in [3.05, 3.63) is 35.7 Å². The summed E-state index contributed by atoms with van der Waals surface area (Å²) in [4.78, 5) is 0. The van der Waals surface area contributed by atoms with Crippen LogP contribution in [0.15, 0.2) is 35.7 Å². The van der Waals surface area contributed by atoms with Crippen molar-refractivity contribution in [2.45, 2.75) is 13.8 Å². The molecule has 0 aromatic rings. The molecule has 0 aliphatic rings. The van der Waals surface area contributed by atoms with Crippen LogP contribution in [0.4, 0.5) is 4.39 Å². The monoisotopic (exact) mass is 218 g/mol. The zero-order valence-corrected chi connectivity index (χ0v) is 8.41. The summed E-state index contributed by atoms with van der Waals surface area (Å²) in [5.41, 5.74) is 1.39. The maximum Gasteiger partial charge on any atom is 0.127 e. The first-order valence-corrected chi connectivity index (χ1v) is 4.48. The number of rotatable bonds is 3. The highest BCUT2D eigenvalue weighted by Crippen LogP contribution is 2.17. The molecule has 0 fully saturated rings. The lowest BCUT2D eigenvalue weighted by atomic mass is 10.1. The van der Waals surface area contributed by atoms with E-state index in [1.165, 1.54) is 6.08 Å². The Balaban J connectivity index is 4.67. The van der Waals surface area contributed by atoms with Crippen molar-refractivity contribution in [2.24, 2.45) is 0 Å². The molecule has 0 bridgehead atoms. The van der Waals surface area contributed by atoms with E-state index in [0.29, 0.717) is 10.9 Å². The Hall–Kier alpha value is -0.370. The Morgan fingerprint density at radius 3 is 2.45 bits per heavy atom. The molecular formula is C9H12BrF. The van der Waals surface area contributed by atoms with E-state index in [-0.39, 0.29) is 5.83 Å². The predicted molar refractivity (Wildman–Crippen MR) is 51.6 cm³/mol. The van der Waals surface area contributed by atoms with E-state index < -0.39 is 0 Å². The highest BCUT2D eigenvalue weighted by Gasteiger charge is 2.01. The molecule has 0 nitrogen and oxygen atoms in total. The minimum absolute atomic E-state index is 0.211. The maximum atomic E-state index is 13.0. The molecule has 0 unspecified atom stereocenters. The summed E-state index contributed by atoms with van der Waals surface area (Å²) in [7, 11) is 0. The topological polar surface area (TPSA) is 0 Å². The second-order valence-corrected chi connectivity index (χ2v) is 2.80. The molecule has 11 heavy (non-hydrogen) atoms. The van der Waals surface area contributed by atoms with Gasteiger partial charge in [0.05, 0.1) is 0 Å². The van der Waals surface area contributed by atoms with Gasteiger partial charge in [0.2, 0.25) is 0 Å². The van der Waals surface area contributed by atoms with E-state index in [2.05, 4.69) is 22.5 Å². The Bertz CT molecular complexity index is 202. The molecule has 0 aliphatic heterocycles. The van der Waals surface area contributed by atoms with Crippen LogP contribution < -0.4 is 0 Å². The Morgan fingerprint density at radius 2 is 2.18 bits per heavy atom. The molecule has 0 saturated heterocycles. The number of alkyl halides is 1. The van der Waals surface area contributed by atoms with Gasteiger partial charge in [0, 0.05) is 10.9 Å². The molecule has 0 rings (SSSR count). The van der Waals surface area contributed by atoms with Crippen LogP contribution in [0.3, 0.4) is 0 Å². The van der Waals surface area contributed by atoms with Gasteiger partial charge < -0.3 is 0 Å². The summed E-state index contributed by atoms with van der Waals surface area (Å²) in [6.45, 7) is 7.24.